The lowest BCUT2D eigenvalue weighted by Crippen LogP contribution is -2.40. The van der Waals surface area contributed by atoms with Crippen LogP contribution in [0.3, 0.4) is 0 Å². The van der Waals surface area contributed by atoms with Gasteiger partial charge in [0.25, 0.3) is 0 Å². The van der Waals surface area contributed by atoms with Gasteiger partial charge < -0.3 is 10.6 Å². The van der Waals surface area contributed by atoms with E-state index < -0.39 is 9.84 Å². The van der Waals surface area contributed by atoms with E-state index in [2.05, 4.69) is 20.6 Å². The second-order valence-corrected chi connectivity index (χ2v) is 8.60. The molecular weight excluding hydrogens is 471 g/mol. The summed E-state index contributed by atoms with van der Waals surface area (Å²) in [4.78, 5) is 9.94. The molecule has 0 fully saturated rings. The van der Waals surface area contributed by atoms with Gasteiger partial charge in [0, 0.05) is 37.6 Å². The maximum absolute atomic E-state index is 12.2. The van der Waals surface area contributed by atoms with E-state index in [1.54, 1.807) is 48.7 Å². The summed E-state index contributed by atoms with van der Waals surface area (Å²) < 4.78 is 24.4. The number of thiazole rings is 1. The molecule has 2 N–H and O–H groups in total. The van der Waals surface area contributed by atoms with Crippen molar-refractivity contribution in [1.29, 1.82) is 0 Å². The summed E-state index contributed by atoms with van der Waals surface area (Å²) in [5.74, 6) is 0.607. The van der Waals surface area contributed by atoms with E-state index >= 15 is 0 Å². The van der Waals surface area contributed by atoms with Gasteiger partial charge in [-0.2, -0.15) is 0 Å². The van der Waals surface area contributed by atoms with Crippen LogP contribution >= 0.6 is 35.3 Å². The van der Waals surface area contributed by atoms with Crippen molar-refractivity contribution in [2.45, 2.75) is 18.2 Å². The summed E-state index contributed by atoms with van der Waals surface area (Å²) in [6, 6.07) is 8.46. The number of benzene rings is 1. The van der Waals surface area contributed by atoms with Crippen molar-refractivity contribution >= 4 is 51.1 Å². The summed E-state index contributed by atoms with van der Waals surface area (Å²) in [6.07, 6.45) is 2.67. The number of aryl methyl sites for hydroxylation is 1. The van der Waals surface area contributed by atoms with Crippen LogP contribution in [0.5, 0.6) is 0 Å². The van der Waals surface area contributed by atoms with Gasteiger partial charge >= 0.3 is 0 Å². The Morgan fingerprint density at radius 2 is 1.88 bits per heavy atom. The molecule has 0 saturated carbocycles. The number of rotatable bonds is 7. The smallest absolute Gasteiger partial charge is 0.191 e. The first-order chi connectivity index (χ1) is 11.5. The molecule has 0 saturated heterocycles. The van der Waals surface area contributed by atoms with Gasteiger partial charge in [-0.15, -0.1) is 35.3 Å². The van der Waals surface area contributed by atoms with E-state index in [0.29, 0.717) is 23.9 Å². The van der Waals surface area contributed by atoms with Crippen LogP contribution in [0.25, 0.3) is 0 Å². The zero-order valence-corrected chi connectivity index (χ0v) is 18.2. The Labute approximate surface area is 170 Å². The molecule has 0 bridgehead atoms. The van der Waals surface area contributed by atoms with Crippen molar-refractivity contribution in [2.75, 3.05) is 25.9 Å². The zero-order valence-electron chi connectivity index (χ0n) is 14.2. The molecule has 0 aliphatic heterocycles. The monoisotopic (exact) mass is 494 g/mol. The lowest BCUT2D eigenvalue weighted by molar-refractivity contribution is 0.594. The fourth-order valence-electron chi connectivity index (χ4n) is 2.07. The first kappa shape index (κ1) is 21.8. The summed E-state index contributed by atoms with van der Waals surface area (Å²) in [7, 11) is -1.62. The molecule has 1 heterocycles. The summed E-state index contributed by atoms with van der Waals surface area (Å²) in [5.41, 5.74) is 0. The number of sulfone groups is 1. The third-order valence-corrected chi connectivity index (χ3v) is 5.99. The van der Waals surface area contributed by atoms with Gasteiger partial charge in [-0.1, -0.05) is 18.2 Å². The first-order valence-corrected chi connectivity index (χ1v) is 10.1. The Hall–Kier alpha value is -1.20. The number of guanidine groups is 1. The van der Waals surface area contributed by atoms with E-state index in [1.165, 1.54) is 4.88 Å². The molecule has 1 aromatic heterocycles. The fourth-order valence-corrected chi connectivity index (χ4v) is 4.04. The number of nitrogens with zero attached hydrogens (tertiary/aromatic N) is 2. The van der Waals surface area contributed by atoms with Gasteiger partial charge in [-0.25, -0.2) is 13.4 Å². The molecular formula is C16H23IN4O2S2. The van der Waals surface area contributed by atoms with Crippen molar-refractivity contribution in [3.05, 3.63) is 46.4 Å². The minimum absolute atomic E-state index is 0. The van der Waals surface area contributed by atoms with Crippen molar-refractivity contribution in [3.8, 4) is 0 Å². The zero-order chi connectivity index (χ0) is 17.4. The van der Waals surface area contributed by atoms with Gasteiger partial charge in [-0.05, 0) is 19.1 Å². The van der Waals surface area contributed by atoms with Gasteiger partial charge in [0.2, 0.25) is 0 Å². The average Bonchev–Trinajstić information content (AvgIpc) is 2.99. The van der Waals surface area contributed by atoms with Gasteiger partial charge in [-0.3, -0.25) is 4.99 Å². The highest BCUT2D eigenvalue weighted by atomic mass is 127. The van der Waals surface area contributed by atoms with Crippen molar-refractivity contribution in [1.82, 2.24) is 15.6 Å². The molecule has 2 aromatic rings. The summed E-state index contributed by atoms with van der Waals surface area (Å²) >= 11 is 1.68. The summed E-state index contributed by atoms with van der Waals surface area (Å²) in [6.45, 7) is 3.02. The predicted molar refractivity (Wildman–Crippen MR) is 114 cm³/mol. The molecule has 0 unspecified atom stereocenters. The molecule has 0 aliphatic rings. The second kappa shape index (κ2) is 10.7. The highest BCUT2D eigenvalue weighted by Gasteiger charge is 2.13. The van der Waals surface area contributed by atoms with Crippen LogP contribution in [0.2, 0.25) is 0 Å². The van der Waals surface area contributed by atoms with Crippen LogP contribution in [0.15, 0.2) is 46.4 Å². The normalized spacial score (nSPS) is 11.7. The molecule has 0 atom stereocenters. The average molecular weight is 494 g/mol. The molecule has 1 aromatic carbocycles. The number of aliphatic imine (C=N–C) groups is 1. The Morgan fingerprint density at radius 1 is 1.20 bits per heavy atom. The first-order valence-electron chi connectivity index (χ1n) is 7.65. The van der Waals surface area contributed by atoms with E-state index in [-0.39, 0.29) is 29.7 Å². The third kappa shape index (κ3) is 7.28. The van der Waals surface area contributed by atoms with Gasteiger partial charge in [0.1, 0.15) is 0 Å². The maximum atomic E-state index is 12.2. The van der Waals surface area contributed by atoms with Crippen LogP contribution in [-0.2, 0) is 16.3 Å². The van der Waals surface area contributed by atoms with Crippen LogP contribution in [0.4, 0.5) is 0 Å². The van der Waals surface area contributed by atoms with Crippen molar-refractivity contribution in [2.24, 2.45) is 4.99 Å². The van der Waals surface area contributed by atoms with E-state index in [9.17, 15) is 8.42 Å². The lowest BCUT2D eigenvalue weighted by atomic mass is 10.4. The fraction of sp³-hybridized carbons (Fsp3) is 0.375. The van der Waals surface area contributed by atoms with Crippen LogP contribution in [0, 0.1) is 6.92 Å². The SMILES string of the molecule is CN=C(NCCc1ncc(C)s1)NCCS(=O)(=O)c1ccccc1.I. The molecule has 0 amide bonds. The maximum Gasteiger partial charge on any atom is 0.191 e. The third-order valence-electron chi connectivity index (χ3n) is 3.29. The van der Waals surface area contributed by atoms with Crippen molar-refractivity contribution < 1.29 is 8.42 Å². The van der Waals surface area contributed by atoms with Crippen LogP contribution in [-0.4, -0.2) is 45.3 Å². The molecule has 0 radical (unpaired) electrons. The number of hydrogen-bond acceptors (Lipinski definition) is 5. The molecule has 6 nitrogen and oxygen atoms in total. The minimum Gasteiger partial charge on any atom is -0.356 e. The van der Waals surface area contributed by atoms with Crippen molar-refractivity contribution in [3.63, 3.8) is 0 Å². The molecule has 0 aliphatic carbocycles. The Bertz CT molecular complexity index is 776. The molecule has 138 valence electrons. The molecule has 0 spiro atoms. The number of hydrogen-bond donors (Lipinski definition) is 2. The Morgan fingerprint density at radius 3 is 2.48 bits per heavy atom. The summed E-state index contributed by atoms with van der Waals surface area (Å²) in [5, 5.41) is 7.26. The minimum atomic E-state index is -3.28. The number of halogens is 1. The van der Waals surface area contributed by atoms with E-state index in [1.807, 2.05) is 13.1 Å². The second-order valence-electron chi connectivity index (χ2n) is 5.17. The standard InChI is InChI=1S/C16H22N4O2S2.HI/c1-13-12-20-15(23-13)8-9-18-16(17-2)19-10-11-24(21,22)14-6-4-3-5-7-14;/h3-7,12H,8-11H2,1-2H3,(H2,17,18,19);1H. The quantitative estimate of drug-likeness (QED) is 0.351. The molecule has 25 heavy (non-hydrogen) atoms. The van der Waals surface area contributed by atoms with Crippen LogP contribution in [0.1, 0.15) is 9.88 Å². The van der Waals surface area contributed by atoms with E-state index in [4.69, 9.17) is 0 Å². The van der Waals surface area contributed by atoms with Gasteiger partial charge in [0.15, 0.2) is 15.8 Å². The molecule has 2 rings (SSSR count). The van der Waals surface area contributed by atoms with Crippen LogP contribution < -0.4 is 10.6 Å². The number of nitrogens with one attached hydrogen (secondary N) is 2. The Kier molecular flexibility index (Phi) is 9.36. The predicted octanol–water partition coefficient (Wildman–Crippen LogP) is 2.25. The Balaban J connectivity index is 0.00000312. The molecule has 9 heteroatoms. The van der Waals surface area contributed by atoms with E-state index in [0.717, 1.165) is 11.4 Å². The highest BCUT2D eigenvalue weighted by molar-refractivity contribution is 14.0. The van der Waals surface area contributed by atoms with Gasteiger partial charge in [0.05, 0.1) is 15.7 Å². The lowest BCUT2D eigenvalue weighted by Gasteiger charge is -2.11. The largest absolute Gasteiger partial charge is 0.356 e. The highest BCUT2D eigenvalue weighted by Crippen LogP contribution is 2.11. The number of aromatic nitrogens is 1. The topological polar surface area (TPSA) is 83.4 Å².